The first-order chi connectivity index (χ1) is 10.9. The topological polar surface area (TPSA) is 63.2 Å². The summed E-state index contributed by atoms with van der Waals surface area (Å²) in [6, 6.07) is 11.2. The average molecular weight is 313 g/mol. The lowest BCUT2D eigenvalue weighted by Gasteiger charge is -2.20. The summed E-state index contributed by atoms with van der Waals surface area (Å²) in [7, 11) is 0. The Bertz CT molecular complexity index is 661. The van der Waals surface area contributed by atoms with Crippen LogP contribution < -0.4 is 15.4 Å². The molecule has 122 valence electrons. The fourth-order valence-corrected chi connectivity index (χ4v) is 2.00. The number of ether oxygens (including phenoxy) is 1. The van der Waals surface area contributed by atoms with E-state index in [-0.39, 0.29) is 11.4 Å². The maximum absolute atomic E-state index is 12.2. The third-order valence-corrected chi connectivity index (χ3v) is 2.94. The molecular weight excluding hydrogens is 290 g/mol. The van der Waals surface area contributed by atoms with Crippen LogP contribution in [0.4, 0.5) is 11.4 Å². The molecule has 0 aliphatic rings. The average Bonchev–Trinajstić information content (AvgIpc) is 2.48. The van der Waals surface area contributed by atoms with Gasteiger partial charge in [0.05, 0.1) is 6.61 Å². The molecule has 5 heteroatoms. The van der Waals surface area contributed by atoms with E-state index < -0.39 is 0 Å². The van der Waals surface area contributed by atoms with Gasteiger partial charge in [-0.25, -0.2) is 0 Å². The Hall–Kier alpha value is -2.56. The van der Waals surface area contributed by atoms with Crippen LogP contribution in [0.3, 0.4) is 0 Å². The zero-order chi connectivity index (χ0) is 16.9. The van der Waals surface area contributed by atoms with Gasteiger partial charge >= 0.3 is 0 Å². The standard InChI is InChI=1S/C18H23N3O2/c1-5-23-15-8-6-13(7-9-15)20-14-10-11-19-16(12-14)17(22)21-18(2,3)4/h6-12H,5H2,1-4H3,(H,19,20)(H,21,22). The largest absolute Gasteiger partial charge is 0.494 e. The van der Waals surface area contributed by atoms with Gasteiger partial charge in [0.2, 0.25) is 0 Å². The summed E-state index contributed by atoms with van der Waals surface area (Å²) in [4.78, 5) is 16.3. The van der Waals surface area contributed by atoms with E-state index in [9.17, 15) is 4.79 Å². The smallest absolute Gasteiger partial charge is 0.270 e. The van der Waals surface area contributed by atoms with Crippen LogP contribution in [0.5, 0.6) is 5.75 Å². The van der Waals surface area contributed by atoms with Crippen molar-refractivity contribution in [3.8, 4) is 5.75 Å². The third kappa shape index (κ3) is 5.29. The van der Waals surface area contributed by atoms with Gasteiger partial charge in [0.25, 0.3) is 5.91 Å². The van der Waals surface area contributed by atoms with Crippen molar-refractivity contribution in [3.05, 3.63) is 48.3 Å². The van der Waals surface area contributed by atoms with Gasteiger partial charge in [0.15, 0.2) is 0 Å². The van der Waals surface area contributed by atoms with Crippen molar-refractivity contribution in [2.45, 2.75) is 33.2 Å². The number of pyridine rings is 1. The first-order valence-electron chi connectivity index (χ1n) is 7.66. The van der Waals surface area contributed by atoms with Crippen molar-refractivity contribution in [2.75, 3.05) is 11.9 Å². The van der Waals surface area contributed by atoms with Gasteiger partial charge in [-0.3, -0.25) is 9.78 Å². The number of anilines is 2. The van der Waals surface area contributed by atoms with E-state index in [0.717, 1.165) is 17.1 Å². The van der Waals surface area contributed by atoms with Crippen LogP contribution in [0, 0.1) is 0 Å². The summed E-state index contributed by atoms with van der Waals surface area (Å²) in [5.41, 5.74) is 1.82. The Morgan fingerprint density at radius 3 is 2.43 bits per heavy atom. The van der Waals surface area contributed by atoms with Crippen LogP contribution in [-0.2, 0) is 0 Å². The zero-order valence-electron chi connectivity index (χ0n) is 14.0. The van der Waals surface area contributed by atoms with Crippen LogP contribution in [0.2, 0.25) is 0 Å². The molecule has 0 saturated heterocycles. The van der Waals surface area contributed by atoms with Crippen LogP contribution in [0.1, 0.15) is 38.2 Å². The van der Waals surface area contributed by atoms with Gasteiger partial charge < -0.3 is 15.4 Å². The highest BCUT2D eigenvalue weighted by atomic mass is 16.5. The van der Waals surface area contributed by atoms with Crippen LogP contribution in [0.15, 0.2) is 42.6 Å². The Balaban J connectivity index is 2.09. The highest BCUT2D eigenvalue weighted by molar-refractivity contribution is 5.93. The van der Waals surface area contributed by atoms with E-state index in [0.29, 0.717) is 12.3 Å². The lowest BCUT2D eigenvalue weighted by molar-refractivity contribution is 0.0914. The van der Waals surface area contributed by atoms with E-state index in [4.69, 9.17) is 4.74 Å². The summed E-state index contributed by atoms with van der Waals surface area (Å²) in [5, 5.41) is 6.16. The lowest BCUT2D eigenvalue weighted by Crippen LogP contribution is -2.40. The Morgan fingerprint density at radius 2 is 1.83 bits per heavy atom. The second kappa shape index (κ2) is 7.13. The molecule has 0 bridgehead atoms. The van der Waals surface area contributed by atoms with Crippen molar-refractivity contribution in [1.29, 1.82) is 0 Å². The molecule has 2 rings (SSSR count). The van der Waals surface area contributed by atoms with E-state index in [1.807, 2.05) is 58.0 Å². The predicted octanol–water partition coefficient (Wildman–Crippen LogP) is 3.75. The number of hydrogen-bond donors (Lipinski definition) is 2. The van der Waals surface area contributed by atoms with E-state index in [1.165, 1.54) is 0 Å². The monoisotopic (exact) mass is 313 g/mol. The second-order valence-electron chi connectivity index (χ2n) is 6.22. The molecule has 0 unspecified atom stereocenters. The molecule has 0 spiro atoms. The molecule has 2 N–H and O–H groups in total. The maximum atomic E-state index is 12.2. The quantitative estimate of drug-likeness (QED) is 0.882. The number of hydrogen-bond acceptors (Lipinski definition) is 4. The maximum Gasteiger partial charge on any atom is 0.270 e. The van der Waals surface area contributed by atoms with Crippen molar-refractivity contribution < 1.29 is 9.53 Å². The normalized spacial score (nSPS) is 11.0. The Morgan fingerprint density at radius 1 is 1.13 bits per heavy atom. The fourth-order valence-electron chi connectivity index (χ4n) is 2.00. The minimum atomic E-state index is -0.294. The van der Waals surface area contributed by atoms with Gasteiger partial charge in [0, 0.05) is 23.1 Å². The Labute approximate surface area is 137 Å². The van der Waals surface area contributed by atoms with Crippen LogP contribution >= 0.6 is 0 Å². The molecule has 2 aromatic rings. The predicted molar refractivity (Wildman–Crippen MR) is 92.3 cm³/mol. The molecular formula is C18H23N3O2. The molecule has 1 amide bonds. The number of aromatic nitrogens is 1. The first-order valence-corrected chi connectivity index (χ1v) is 7.66. The number of carbonyl (C=O) groups is 1. The molecule has 0 fully saturated rings. The number of rotatable bonds is 5. The number of benzene rings is 1. The fraction of sp³-hybridized carbons (Fsp3) is 0.333. The molecule has 5 nitrogen and oxygen atoms in total. The summed E-state index contributed by atoms with van der Waals surface area (Å²) in [6.45, 7) is 8.41. The lowest BCUT2D eigenvalue weighted by atomic mass is 10.1. The van der Waals surface area contributed by atoms with E-state index >= 15 is 0 Å². The van der Waals surface area contributed by atoms with Crippen molar-refractivity contribution in [1.82, 2.24) is 10.3 Å². The minimum Gasteiger partial charge on any atom is -0.494 e. The molecule has 0 atom stereocenters. The van der Waals surface area contributed by atoms with Crippen molar-refractivity contribution in [2.24, 2.45) is 0 Å². The van der Waals surface area contributed by atoms with Crippen LogP contribution in [-0.4, -0.2) is 23.0 Å². The molecule has 1 heterocycles. The van der Waals surface area contributed by atoms with E-state index in [2.05, 4.69) is 15.6 Å². The van der Waals surface area contributed by atoms with E-state index in [1.54, 1.807) is 12.3 Å². The summed E-state index contributed by atoms with van der Waals surface area (Å²) in [6.07, 6.45) is 1.62. The summed E-state index contributed by atoms with van der Waals surface area (Å²) >= 11 is 0. The molecule has 0 aliphatic carbocycles. The number of amides is 1. The number of carbonyl (C=O) groups excluding carboxylic acids is 1. The molecule has 0 aliphatic heterocycles. The SMILES string of the molecule is CCOc1ccc(Nc2ccnc(C(=O)NC(C)(C)C)c2)cc1. The summed E-state index contributed by atoms with van der Waals surface area (Å²) in [5.74, 6) is 0.644. The molecule has 0 radical (unpaired) electrons. The molecule has 1 aromatic heterocycles. The highest BCUT2D eigenvalue weighted by Gasteiger charge is 2.16. The minimum absolute atomic E-state index is 0.187. The summed E-state index contributed by atoms with van der Waals surface area (Å²) < 4.78 is 5.42. The Kier molecular flexibility index (Phi) is 5.21. The van der Waals surface area contributed by atoms with Gasteiger partial charge in [-0.15, -0.1) is 0 Å². The number of nitrogens with zero attached hydrogens (tertiary/aromatic N) is 1. The van der Waals surface area contributed by atoms with Crippen LogP contribution in [0.25, 0.3) is 0 Å². The van der Waals surface area contributed by atoms with Crippen molar-refractivity contribution in [3.63, 3.8) is 0 Å². The van der Waals surface area contributed by atoms with Gasteiger partial charge in [-0.2, -0.15) is 0 Å². The van der Waals surface area contributed by atoms with Gasteiger partial charge in [0.1, 0.15) is 11.4 Å². The van der Waals surface area contributed by atoms with Crippen molar-refractivity contribution >= 4 is 17.3 Å². The number of nitrogens with one attached hydrogen (secondary N) is 2. The highest BCUT2D eigenvalue weighted by Crippen LogP contribution is 2.20. The molecule has 23 heavy (non-hydrogen) atoms. The first kappa shape index (κ1) is 16.8. The van der Waals surface area contributed by atoms with Gasteiger partial charge in [-0.05, 0) is 64.1 Å². The second-order valence-corrected chi connectivity index (χ2v) is 6.22. The molecule has 1 aromatic carbocycles. The zero-order valence-corrected chi connectivity index (χ0v) is 14.0. The molecule has 0 saturated carbocycles. The third-order valence-electron chi connectivity index (χ3n) is 2.94. The van der Waals surface area contributed by atoms with Gasteiger partial charge in [-0.1, -0.05) is 0 Å².